The molecule has 0 aromatic carbocycles. The molecule has 8 nitrogen and oxygen atoms in total. The summed E-state index contributed by atoms with van der Waals surface area (Å²) >= 11 is 0. The molecule has 4 N–H and O–H groups in total. The van der Waals surface area contributed by atoms with Crippen molar-refractivity contribution in [2.45, 2.75) is 309 Å². The van der Waals surface area contributed by atoms with Gasteiger partial charge >= 0.3 is 0 Å². The van der Waals surface area contributed by atoms with Gasteiger partial charge < -0.3 is 40.2 Å². The Hall–Kier alpha value is -0.320. The summed E-state index contributed by atoms with van der Waals surface area (Å²) in [6.45, 7) is 48.0. The van der Waals surface area contributed by atoms with Crippen LogP contribution in [-0.2, 0) is 18.9 Å². The van der Waals surface area contributed by atoms with Crippen LogP contribution in [0.5, 0.6) is 0 Å². The van der Waals surface area contributed by atoms with Gasteiger partial charge in [-0.3, -0.25) is 0 Å². The minimum Gasteiger partial charge on any atom is -0.378 e. The molecule has 0 amide bonds. The van der Waals surface area contributed by atoms with E-state index in [2.05, 4.69) is 160 Å². The van der Waals surface area contributed by atoms with Crippen LogP contribution in [0.3, 0.4) is 0 Å². The van der Waals surface area contributed by atoms with Gasteiger partial charge in [0.15, 0.2) is 6.29 Å². The maximum Gasteiger partial charge on any atom is 0.184 e. The molecule has 0 spiro atoms. The molecule has 0 aliphatic carbocycles. The second-order valence-corrected chi connectivity index (χ2v) is 26.2. The highest BCUT2D eigenvalue weighted by Crippen LogP contribution is 2.42. The molecule has 9 atom stereocenters. The quantitative estimate of drug-likeness (QED) is 0.0712. The summed E-state index contributed by atoms with van der Waals surface area (Å²) in [6, 6.07) is 0. The molecular weight excluding hydrogens is 757 g/mol. The Labute approximate surface area is 378 Å². The van der Waals surface area contributed by atoms with Gasteiger partial charge in [0.1, 0.15) is 6.10 Å². The lowest BCUT2D eigenvalue weighted by Gasteiger charge is -2.53. The first kappa shape index (κ1) is 53.3. The zero-order chi connectivity index (χ0) is 46.0. The molecule has 0 aromatic heterocycles. The van der Waals surface area contributed by atoms with Crippen LogP contribution in [0.15, 0.2) is 0 Å². The van der Waals surface area contributed by atoms with Crippen LogP contribution in [-0.4, -0.2) is 87.7 Å². The van der Waals surface area contributed by atoms with Gasteiger partial charge in [-0.25, -0.2) is 0 Å². The van der Waals surface area contributed by atoms with Crippen LogP contribution in [0.1, 0.15) is 228 Å². The number of nitrogens with one attached hydrogen (secondary N) is 4. The molecule has 0 aromatic rings. The Morgan fingerprint density at radius 2 is 0.672 bits per heavy atom. The lowest BCUT2D eigenvalue weighted by Crippen LogP contribution is -2.65. The first-order valence-corrected chi connectivity index (χ1v) is 25.5. The third kappa shape index (κ3) is 15.1. The molecule has 4 saturated heterocycles. The largest absolute Gasteiger partial charge is 0.378 e. The first-order valence-electron chi connectivity index (χ1n) is 25.5. The summed E-state index contributed by atoms with van der Waals surface area (Å²) in [5.74, 6) is 2.01. The molecule has 0 bridgehead atoms. The zero-order valence-electron chi connectivity index (χ0n) is 44.0. The van der Waals surface area contributed by atoms with E-state index in [0.717, 1.165) is 77.2 Å². The number of unbranched alkanes of at least 4 members (excludes halogenated alkanes) is 4. The molecule has 9 unspecified atom stereocenters. The highest BCUT2D eigenvalue weighted by Gasteiger charge is 2.49. The van der Waals surface area contributed by atoms with Crippen molar-refractivity contribution < 1.29 is 18.9 Å². The number of hydrogen-bond donors (Lipinski definition) is 4. The maximum absolute atomic E-state index is 7.54. The average molecular weight is 861 g/mol. The van der Waals surface area contributed by atoms with Gasteiger partial charge in [0.2, 0.25) is 0 Å². The fourth-order valence-corrected chi connectivity index (χ4v) is 12.2. The summed E-state index contributed by atoms with van der Waals surface area (Å²) in [6.07, 6.45) is 14.7. The fraction of sp³-hybridized carbons (Fsp3) is 1.00. The van der Waals surface area contributed by atoms with Gasteiger partial charge in [0, 0.05) is 50.9 Å². The summed E-state index contributed by atoms with van der Waals surface area (Å²) in [4.78, 5) is 0. The molecular formula is C53H104N4O4. The second-order valence-electron chi connectivity index (χ2n) is 26.2. The highest BCUT2D eigenvalue weighted by molar-refractivity contribution is 5.05. The lowest BCUT2D eigenvalue weighted by atomic mass is 9.74. The van der Waals surface area contributed by atoms with Crippen molar-refractivity contribution in [2.75, 3.05) is 6.61 Å². The predicted octanol–water partition coefficient (Wildman–Crippen LogP) is 11.9. The van der Waals surface area contributed by atoms with Crippen molar-refractivity contribution in [2.24, 2.45) is 23.7 Å². The lowest BCUT2D eigenvalue weighted by molar-refractivity contribution is -0.273. The summed E-state index contributed by atoms with van der Waals surface area (Å²) in [5, 5.41) is 16.0. The fourth-order valence-electron chi connectivity index (χ4n) is 12.2. The van der Waals surface area contributed by atoms with Gasteiger partial charge in [0.25, 0.3) is 0 Å². The van der Waals surface area contributed by atoms with Crippen LogP contribution < -0.4 is 21.3 Å². The van der Waals surface area contributed by atoms with Gasteiger partial charge in [-0.1, -0.05) is 81.1 Å². The van der Waals surface area contributed by atoms with E-state index in [9.17, 15) is 0 Å². The van der Waals surface area contributed by atoms with Crippen LogP contribution in [0.2, 0.25) is 0 Å². The van der Waals surface area contributed by atoms with Crippen LogP contribution >= 0.6 is 0 Å². The van der Waals surface area contributed by atoms with Crippen molar-refractivity contribution >= 4 is 0 Å². The average Bonchev–Trinajstić information content (AvgIpc) is 3.05. The summed E-state index contributed by atoms with van der Waals surface area (Å²) < 4.78 is 29.1. The van der Waals surface area contributed by atoms with Gasteiger partial charge in [-0.2, -0.15) is 0 Å². The number of hydrogen-bond acceptors (Lipinski definition) is 8. The van der Waals surface area contributed by atoms with Gasteiger partial charge in [0.05, 0.1) is 24.4 Å². The number of piperidine rings is 4. The van der Waals surface area contributed by atoms with E-state index in [1.54, 1.807) is 0 Å². The SMILES string of the molecule is CC(C)C1(C)CC(OCCCCCCCC(OC2CC(C)(C)NC(C)(C(C)C)C2)C(OC2CC(C)(C)NC(C)(C(C)C)C2)OC2CC(C)(C)NC(C)(C(C)C)C2)CC(C)(C)N1. The van der Waals surface area contributed by atoms with Crippen LogP contribution in [0.4, 0.5) is 0 Å². The predicted molar refractivity (Wildman–Crippen MR) is 258 cm³/mol. The summed E-state index contributed by atoms with van der Waals surface area (Å²) in [5.41, 5.74) is 0.0267. The van der Waals surface area contributed by atoms with E-state index in [1.807, 2.05) is 0 Å². The minimum absolute atomic E-state index is 0.0101. The Bertz CT molecular complexity index is 1320. The van der Waals surface area contributed by atoms with Crippen LogP contribution in [0, 0.1) is 23.7 Å². The van der Waals surface area contributed by atoms with E-state index in [1.165, 1.54) is 19.3 Å². The zero-order valence-corrected chi connectivity index (χ0v) is 44.0. The van der Waals surface area contributed by atoms with E-state index < -0.39 is 6.29 Å². The monoisotopic (exact) mass is 861 g/mol. The van der Waals surface area contributed by atoms with Gasteiger partial charge in [-0.15, -0.1) is 0 Å². The molecule has 8 heteroatoms. The summed E-state index contributed by atoms with van der Waals surface area (Å²) in [7, 11) is 0. The molecule has 0 radical (unpaired) electrons. The Balaban J connectivity index is 1.54. The molecule has 4 fully saturated rings. The van der Waals surface area contributed by atoms with E-state index >= 15 is 0 Å². The third-order valence-corrected chi connectivity index (χ3v) is 16.5. The van der Waals surface area contributed by atoms with E-state index in [0.29, 0.717) is 29.8 Å². The molecule has 0 saturated carbocycles. The van der Waals surface area contributed by atoms with E-state index in [4.69, 9.17) is 18.9 Å². The Morgan fingerprint density at radius 3 is 1.03 bits per heavy atom. The molecule has 61 heavy (non-hydrogen) atoms. The number of ether oxygens (including phenoxy) is 4. The van der Waals surface area contributed by atoms with Crippen molar-refractivity contribution in [3.8, 4) is 0 Å². The molecule has 4 aliphatic heterocycles. The molecule has 360 valence electrons. The van der Waals surface area contributed by atoms with E-state index in [-0.39, 0.29) is 68.7 Å². The second kappa shape index (κ2) is 20.3. The minimum atomic E-state index is -0.437. The maximum atomic E-state index is 7.54. The van der Waals surface area contributed by atoms with Crippen molar-refractivity contribution in [1.29, 1.82) is 0 Å². The van der Waals surface area contributed by atoms with Crippen molar-refractivity contribution in [1.82, 2.24) is 21.3 Å². The van der Waals surface area contributed by atoms with Gasteiger partial charge in [-0.05, 0) is 171 Å². The normalized spacial score (nSPS) is 37.4. The first-order chi connectivity index (χ1) is 27.8. The standard InChI is InChI=1S/C53H104N4O4/c1-36(2)50(17)32-40(28-46(9,10)54-50)58-27-25-23-21-22-24-26-44(59-41-29-47(11,12)55-51(18,33-41)37(3)4)45(60-42-30-48(13,14)56-52(19,34-42)38(5)6)61-43-31-49(15,16)57-53(20,35-43)39(7)8/h36-45,54-57H,21-35H2,1-20H3. The highest BCUT2D eigenvalue weighted by atomic mass is 16.7. The van der Waals surface area contributed by atoms with Crippen molar-refractivity contribution in [3.63, 3.8) is 0 Å². The smallest absolute Gasteiger partial charge is 0.184 e. The van der Waals surface area contributed by atoms with Crippen molar-refractivity contribution in [3.05, 3.63) is 0 Å². The number of rotatable bonds is 20. The Kier molecular flexibility index (Phi) is 17.7. The Morgan fingerprint density at radius 1 is 0.377 bits per heavy atom. The van der Waals surface area contributed by atoms with Crippen LogP contribution in [0.25, 0.3) is 0 Å². The third-order valence-electron chi connectivity index (χ3n) is 16.5. The molecule has 4 aliphatic rings. The molecule has 4 heterocycles. The topological polar surface area (TPSA) is 85.0 Å². The molecule has 4 rings (SSSR count).